The summed E-state index contributed by atoms with van der Waals surface area (Å²) in [4.78, 5) is 20.3. The number of aliphatic carboxylic acids is 1. The fourth-order valence-corrected chi connectivity index (χ4v) is 1.15. The fraction of sp³-hybridized carbons (Fsp3) is 0.0909. The van der Waals surface area contributed by atoms with Crippen LogP contribution in [0, 0.1) is 21.4 Å². The molecule has 1 aromatic carbocycles. The minimum absolute atomic E-state index is 0.397. The largest absolute Gasteiger partial charge is 0.480 e. The second kappa shape index (κ2) is 6.61. The number of nitrogens with one attached hydrogen (secondary N) is 2. The lowest BCUT2D eigenvalue weighted by Gasteiger charge is -2.03. The lowest BCUT2D eigenvalue weighted by Crippen LogP contribution is -2.20. The second-order valence-electron chi connectivity index (χ2n) is 3.38. The summed E-state index contributed by atoms with van der Waals surface area (Å²) >= 11 is 0. The van der Waals surface area contributed by atoms with Gasteiger partial charge in [0.05, 0.1) is 17.8 Å². The molecule has 0 amide bonds. The van der Waals surface area contributed by atoms with Crippen LogP contribution in [0.5, 0.6) is 0 Å². The molecule has 0 aliphatic rings. The molecule has 0 heterocycles. The molecule has 0 aliphatic carbocycles. The van der Waals surface area contributed by atoms with Crippen molar-refractivity contribution in [3.63, 3.8) is 0 Å². The molecular weight excluding hydrogens is 252 g/mol. The molecule has 0 unspecified atom stereocenters. The molecule has 0 aromatic heterocycles. The van der Waals surface area contributed by atoms with Crippen LogP contribution in [0.15, 0.2) is 36.3 Å². The standard InChI is InChI=1S/C11H10N4O4/c12-5-8-1-3-9(4-2-8)14-10(15(18)19)6-13-7-11(16)17/h1-4,6,13-14H,7H2,(H,16,17). The van der Waals surface area contributed by atoms with E-state index in [-0.39, 0.29) is 0 Å². The minimum Gasteiger partial charge on any atom is -0.480 e. The highest BCUT2D eigenvalue weighted by Crippen LogP contribution is 2.11. The molecule has 8 heteroatoms. The van der Waals surface area contributed by atoms with Crippen LogP contribution >= 0.6 is 0 Å². The molecule has 0 bridgehead atoms. The van der Waals surface area contributed by atoms with Crippen LogP contribution in [0.3, 0.4) is 0 Å². The Balaban J connectivity index is 2.75. The van der Waals surface area contributed by atoms with Crippen molar-refractivity contribution in [3.8, 4) is 6.07 Å². The smallest absolute Gasteiger partial charge is 0.336 e. The number of carboxylic acids is 1. The van der Waals surface area contributed by atoms with Crippen LogP contribution in [0.4, 0.5) is 5.69 Å². The van der Waals surface area contributed by atoms with Gasteiger partial charge in [-0.15, -0.1) is 0 Å². The highest BCUT2D eigenvalue weighted by atomic mass is 16.6. The first-order valence-electron chi connectivity index (χ1n) is 5.10. The lowest BCUT2D eigenvalue weighted by molar-refractivity contribution is -0.422. The zero-order valence-corrected chi connectivity index (χ0v) is 9.66. The van der Waals surface area contributed by atoms with E-state index in [0.717, 1.165) is 6.20 Å². The lowest BCUT2D eigenvalue weighted by atomic mass is 10.2. The number of nitro groups is 1. The monoisotopic (exact) mass is 262 g/mol. The van der Waals surface area contributed by atoms with Crippen molar-refractivity contribution in [2.45, 2.75) is 0 Å². The Morgan fingerprint density at radius 3 is 2.58 bits per heavy atom. The number of nitrogens with zero attached hydrogens (tertiary/aromatic N) is 2. The summed E-state index contributed by atoms with van der Waals surface area (Å²) < 4.78 is 0. The Morgan fingerprint density at radius 2 is 2.11 bits per heavy atom. The minimum atomic E-state index is -1.13. The van der Waals surface area contributed by atoms with Crippen molar-refractivity contribution < 1.29 is 14.8 Å². The van der Waals surface area contributed by atoms with Gasteiger partial charge in [-0.25, -0.2) is 5.32 Å². The van der Waals surface area contributed by atoms with Gasteiger partial charge in [0.2, 0.25) is 0 Å². The molecule has 0 aliphatic heterocycles. The first-order valence-corrected chi connectivity index (χ1v) is 5.10. The Hall–Kier alpha value is -3.08. The molecular formula is C11H10N4O4. The quantitative estimate of drug-likeness (QED) is 0.508. The van der Waals surface area contributed by atoms with Crippen molar-refractivity contribution in [2.24, 2.45) is 0 Å². The summed E-state index contributed by atoms with van der Waals surface area (Å²) in [5.74, 6) is -1.52. The van der Waals surface area contributed by atoms with Crippen molar-refractivity contribution >= 4 is 11.7 Å². The molecule has 19 heavy (non-hydrogen) atoms. The number of carboxylic acid groups (broad SMARTS) is 1. The van der Waals surface area contributed by atoms with Crippen molar-refractivity contribution in [3.05, 3.63) is 52.0 Å². The topological polar surface area (TPSA) is 128 Å². The van der Waals surface area contributed by atoms with Crippen molar-refractivity contribution in [1.82, 2.24) is 5.32 Å². The number of rotatable bonds is 6. The molecule has 1 rings (SSSR count). The molecule has 98 valence electrons. The van der Waals surface area contributed by atoms with Crippen LogP contribution < -0.4 is 10.6 Å². The van der Waals surface area contributed by atoms with Gasteiger partial charge < -0.3 is 20.5 Å². The first-order chi connectivity index (χ1) is 9.02. The van der Waals surface area contributed by atoms with Gasteiger partial charge in [0, 0.05) is 0 Å². The number of carbonyl (C=O) groups is 1. The molecule has 0 spiro atoms. The summed E-state index contributed by atoms with van der Waals surface area (Å²) in [6.45, 7) is -0.424. The van der Waals surface area contributed by atoms with Gasteiger partial charge in [-0.3, -0.25) is 4.79 Å². The van der Waals surface area contributed by atoms with Crippen molar-refractivity contribution in [1.29, 1.82) is 5.26 Å². The molecule has 3 N–H and O–H groups in total. The molecule has 8 nitrogen and oxygen atoms in total. The van der Waals surface area contributed by atoms with Crippen LogP contribution in [0.1, 0.15) is 5.56 Å². The Labute approximate surface area is 108 Å². The SMILES string of the molecule is N#Cc1ccc(NC(=CNCC(=O)O)[N+](=O)[O-])cc1. The normalized spacial score (nSPS) is 10.4. The van der Waals surface area contributed by atoms with Gasteiger partial charge in [-0.1, -0.05) is 0 Å². The highest BCUT2D eigenvalue weighted by molar-refractivity contribution is 5.69. The molecule has 1 aromatic rings. The molecule has 0 saturated carbocycles. The fourth-order valence-electron chi connectivity index (χ4n) is 1.15. The van der Waals surface area contributed by atoms with E-state index in [1.165, 1.54) is 24.3 Å². The van der Waals surface area contributed by atoms with E-state index in [4.69, 9.17) is 10.4 Å². The Morgan fingerprint density at radius 1 is 1.47 bits per heavy atom. The van der Waals surface area contributed by atoms with E-state index < -0.39 is 23.3 Å². The van der Waals surface area contributed by atoms with Gasteiger partial charge in [0.1, 0.15) is 12.2 Å². The highest BCUT2D eigenvalue weighted by Gasteiger charge is 2.09. The van der Waals surface area contributed by atoms with Gasteiger partial charge in [0.25, 0.3) is 0 Å². The molecule has 0 radical (unpaired) electrons. The first kappa shape index (κ1) is 14.0. The summed E-state index contributed by atoms with van der Waals surface area (Å²) in [5.41, 5.74) is 0.847. The number of hydrogen-bond donors (Lipinski definition) is 3. The van der Waals surface area contributed by atoms with Crippen LogP contribution in [0.2, 0.25) is 0 Å². The summed E-state index contributed by atoms with van der Waals surface area (Å²) in [6, 6.07) is 7.95. The summed E-state index contributed by atoms with van der Waals surface area (Å²) in [7, 11) is 0. The number of hydrogen-bond acceptors (Lipinski definition) is 6. The van der Waals surface area contributed by atoms with E-state index in [1.54, 1.807) is 0 Å². The van der Waals surface area contributed by atoms with E-state index in [2.05, 4.69) is 10.6 Å². The summed E-state index contributed by atoms with van der Waals surface area (Å²) in [5, 5.41) is 32.5. The van der Waals surface area contributed by atoms with Crippen LogP contribution in [-0.2, 0) is 4.79 Å². The van der Waals surface area contributed by atoms with E-state index in [0.29, 0.717) is 11.3 Å². The maximum atomic E-state index is 10.7. The predicted octanol–water partition coefficient (Wildman–Crippen LogP) is 0.720. The third kappa shape index (κ3) is 4.74. The summed E-state index contributed by atoms with van der Waals surface area (Å²) in [6.07, 6.45) is 0.965. The maximum absolute atomic E-state index is 10.7. The Kier molecular flexibility index (Phi) is 4.86. The second-order valence-corrected chi connectivity index (χ2v) is 3.38. The van der Waals surface area contributed by atoms with Crippen LogP contribution in [-0.4, -0.2) is 22.5 Å². The number of anilines is 1. The third-order valence-electron chi connectivity index (χ3n) is 1.98. The van der Waals surface area contributed by atoms with Gasteiger partial charge >= 0.3 is 11.8 Å². The van der Waals surface area contributed by atoms with E-state index in [9.17, 15) is 14.9 Å². The maximum Gasteiger partial charge on any atom is 0.336 e. The van der Waals surface area contributed by atoms with Crippen molar-refractivity contribution in [2.75, 3.05) is 11.9 Å². The van der Waals surface area contributed by atoms with E-state index in [1.807, 2.05) is 6.07 Å². The van der Waals surface area contributed by atoms with Gasteiger partial charge in [0.15, 0.2) is 0 Å². The molecule has 0 fully saturated rings. The van der Waals surface area contributed by atoms with E-state index >= 15 is 0 Å². The number of benzene rings is 1. The van der Waals surface area contributed by atoms with Crippen LogP contribution in [0.25, 0.3) is 0 Å². The molecule has 0 atom stereocenters. The zero-order chi connectivity index (χ0) is 14.3. The predicted molar refractivity (Wildman–Crippen MR) is 65.5 cm³/mol. The third-order valence-corrected chi connectivity index (χ3v) is 1.98. The zero-order valence-electron chi connectivity index (χ0n) is 9.66. The van der Waals surface area contributed by atoms with Gasteiger partial charge in [-0.2, -0.15) is 5.26 Å². The average Bonchev–Trinajstić information content (AvgIpc) is 2.37. The molecule has 0 saturated heterocycles. The number of nitriles is 1. The average molecular weight is 262 g/mol. The Bertz CT molecular complexity index is 545. The van der Waals surface area contributed by atoms with Gasteiger partial charge in [-0.05, 0) is 29.2 Å².